The topological polar surface area (TPSA) is 109 Å². The molecule has 0 aliphatic rings. The molecule has 0 aliphatic heterocycles. The van der Waals surface area contributed by atoms with Gasteiger partial charge in [-0.05, 0) is 30.2 Å². The first-order chi connectivity index (χ1) is 9.27. The number of phenolic OH excluding ortho intramolecular Hbond substituents is 1. The first-order valence-electron chi connectivity index (χ1n) is 5.54. The average Bonchev–Trinajstić information content (AvgIpc) is 2.37. The van der Waals surface area contributed by atoms with E-state index in [-0.39, 0.29) is 13.0 Å². The minimum absolute atomic E-state index is 0.131. The van der Waals surface area contributed by atoms with Crippen LogP contribution < -0.4 is 0 Å². The Morgan fingerprint density at radius 3 is 2.50 bits per heavy atom. The van der Waals surface area contributed by atoms with Crippen molar-refractivity contribution < 1.29 is 28.5 Å². The third-order valence-electron chi connectivity index (χ3n) is 2.63. The molecule has 110 valence electrons. The Bertz CT molecular complexity index is 515. The van der Waals surface area contributed by atoms with Crippen LogP contribution in [-0.4, -0.2) is 28.0 Å². The monoisotopic (exact) mass is 291 g/mol. The van der Waals surface area contributed by atoms with E-state index in [0.29, 0.717) is 12.1 Å². The summed E-state index contributed by atoms with van der Waals surface area (Å²) >= 11 is 0. The van der Waals surface area contributed by atoms with Crippen LogP contribution in [0.2, 0.25) is 0 Å². The molecule has 9 heteroatoms. The lowest BCUT2D eigenvalue weighted by molar-refractivity contribution is -0.137. The van der Waals surface area contributed by atoms with Crippen LogP contribution in [0.25, 0.3) is 10.4 Å². The molecule has 1 aromatic carbocycles. The summed E-state index contributed by atoms with van der Waals surface area (Å²) in [4.78, 5) is 2.44. The lowest BCUT2D eigenvalue weighted by Gasteiger charge is -2.19. The van der Waals surface area contributed by atoms with Crippen molar-refractivity contribution >= 4 is 0 Å². The van der Waals surface area contributed by atoms with E-state index in [4.69, 9.17) is 5.53 Å². The van der Waals surface area contributed by atoms with Crippen LogP contribution in [0.5, 0.6) is 5.75 Å². The minimum atomic E-state index is -4.63. The first-order valence-corrected chi connectivity index (χ1v) is 5.54. The van der Waals surface area contributed by atoms with E-state index in [0.717, 1.165) is 6.07 Å². The van der Waals surface area contributed by atoms with Gasteiger partial charge in [0.15, 0.2) is 0 Å². The first kappa shape index (κ1) is 16.1. The van der Waals surface area contributed by atoms with E-state index >= 15 is 0 Å². The maximum Gasteiger partial charge on any atom is 0.416 e. The van der Waals surface area contributed by atoms with Crippen molar-refractivity contribution in [3.63, 3.8) is 0 Å². The standard InChI is InChI=1S/C11H12F3N3O3/c12-11(13,14)6-1-2-8(18)7(5-6)10(20)9(19)3-4-16-17-15/h1-2,5,9-10,18-20H,3-4H2. The smallest absolute Gasteiger partial charge is 0.416 e. The van der Waals surface area contributed by atoms with Crippen LogP contribution >= 0.6 is 0 Å². The molecule has 0 aliphatic carbocycles. The van der Waals surface area contributed by atoms with Crippen LogP contribution in [0.3, 0.4) is 0 Å². The van der Waals surface area contributed by atoms with E-state index in [9.17, 15) is 28.5 Å². The highest BCUT2D eigenvalue weighted by Gasteiger charge is 2.32. The van der Waals surface area contributed by atoms with E-state index in [2.05, 4.69) is 10.0 Å². The number of aromatic hydroxyl groups is 1. The number of halogens is 3. The lowest BCUT2D eigenvalue weighted by atomic mass is 9.99. The Labute approximate surface area is 111 Å². The second-order valence-corrected chi connectivity index (χ2v) is 4.03. The molecule has 3 N–H and O–H groups in total. The van der Waals surface area contributed by atoms with Crippen molar-refractivity contribution in [2.75, 3.05) is 6.54 Å². The normalized spacial score (nSPS) is 14.4. The highest BCUT2D eigenvalue weighted by Crippen LogP contribution is 2.35. The zero-order valence-electron chi connectivity index (χ0n) is 10.1. The summed E-state index contributed by atoms with van der Waals surface area (Å²) in [5, 5.41) is 31.9. The molecule has 0 heterocycles. The quantitative estimate of drug-likeness (QED) is 0.440. The third kappa shape index (κ3) is 4.02. The van der Waals surface area contributed by atoms with Gasteiger partial charge in [0.05, 0.1) is 11.7 Å². The second-order valence-electron chi connectivity index (χ2n) is 4.03. The molecule has 0 saturated heterocycles. The lowest BCUT2D eigenvalue weighted by Crippen LogP contribution is -2.20. The van der Waals surface area contributed by atoms with Gasteiger partial charge in [-0.1, -0.05) is 5.11 Å². The Morgan fingerprint density at radius 2 is 1.95 bits per heavy atom. The summed E-state index contributed by atoms with van der Waals surface area (Å²) in [6, 6.07) is 2.02. The molecule has 6 nitrogen and oxygen atoms in total. The fourth-order valence-corrected chi connectivity index (χ4v) is 1.57. The van der Waals surface area contributed by atoms with E-state index in [1.807, 2.05) is 0 Å². The molecule has 0 radical (unpaired) electrons. The molecular weight excluding hydrogens is 279 g/mol. The number of aliphatic hydroxyl groups excluding tert-OH is 2. The Hall–Kier alpha value is -1.96. The number of hydrogen-bond acceptors (Lipinski definition) is 4. The predicted octanol–water partition coefficient (Wildman–Crippen LogP) is 2.51. The molecule has 1 rings (SSSR count). The van der Waals surface area contributed by atoms with Gasteiger partial charge in [0.2, 0.25) is 0 Å². The van der Waals surface area contributed by atoms with Gasteiger partial charge in [0.25, 0.3) is 0 Å². The predicted molar refractivity (Wildman–Crippen MR) is 62.7 cm³/mol. The average molecular weight is 291 g/mol. The van der Waals surface area contributed by atoms with Gasteiger partial charge in [-0.15, -0.1) is 0 Å². The summed E-state index contributed by atoms with van der Waals surface area (Å²) in [7, 11) is 0. The molecule has 2 atom stereocenters. The van der Waals surface area contributed by atoms with Crippen LogP contribution in [0, 0.1) is 0 Å². The van der Waals surface area contributed by atoms with E-state index < -0.39 is 35.3 Å². The highest BCUT2D eigenvalue weighted by atomic mass is 19.4. The maximum atomic E-state index is 12.5. The number of azide groups is 1. The van der Waals surface area contributed by atoms with Gasteiger partial charge < -0.3 is 15.3 Å². The summed E-state index contributed by atoms with van der Waals surface area (Å²) in [5.74, 6) is -0.562. The number of aliphatic hydroxyl groups is 2. The van der Waals surface area contributed by atoms with Crippen molar-refractivity contribution in [2.45, 2.75) is 24.8 Å². The summed E-state index contributed by atoms with van der Waals surface area (Å²) in [5.41, 5.74) is 6.57. The molecule has 0 spiro atoms. The van der Waals surface area contributed by atoms with E-state index in [1.165, 1.54) is 0 Å². The third-order valence-corrected chi connectivity index (χ3v) is 2.63. The molecule has 0 amide bonds. The zero-order chi connectivity index (χ0) is 15.3. The summed E-state index contributed by atoms with van der Waals surface area (Å²) in [6.45, 7) is -0.131. The van der Waals surface area contributed by atoms with Crippen LogP contribution in [0.15, 0.2) is 23.3 Å². The summed E-state index contributed by atoms with van der Waals surface area (Å²) in [6.07, 6.45) is -7.96. The maximum absolute atomic E-state index is 12.5. The second kappa shape index (κ2) is 6.47. The minimum Gasteiger partial charge on any atom is -0.508 e. The Kier molecular flexibility index (Phi) is 5.20. The Balaban J connectivity index is 2.96. The van der Waals surface area contributed by atoms with Crippen molar-refractivity contribution in [1.29, 1.82) is 0 Å². The molecule has 0 saturated carbocycles. The van der Waals surface area contributed by atoms with Crippen molar-refractivity contribution in [1.82, 2.24) is 0 Å². The van der Waals surface area contributed by atoms with Gasteiger partial charge in [0.1, 0.15) is 11.9 Å². The summed E-state index contributed by atoms with van der Waals surface area (Å²) < 4.78 is 37.6. The zero-order valence-corrected chi connectivity index (χ0v) is 10.1. The molecule has 0 bridgehead atoms. The van der Waals surface area contributed by atoms with Gasteiger partial charge in [-0.2, -0.15) is 13.2 Å². The number of rotatable bonds is 5. The largest absolute Gasteiger partial charge is 0.508 e. The van der Waals surface area contributed by atoms with E-state index in [1.54, 1.807) is 0 Å². The number of benzene rings is 1. The fourth-order valence-electron chi connectivity index (χ4n) is 1.57. The van der Waals surface area contributed by atoms with Crippen molar-refractivity contribution in [3.05, 3.63) is 39.8 Å². The molecule has 0 aromatic heterocycles. The highest BCUT2D eigenvalue weighted by molar-refractivity contribution is 5.39. The van der Waals surface area contributed by atoms with Gasteiger partial charge in [-0.3, -0.25) is 0 Å². The molecule has 20 heavy (non-hydrogen) atoms. The van der Waals surface area contributed by atoms with Gasteiger partial charge >= 0.3 is 6.18 Å². The number of alkyl halides is 3. The number of hydrogen-bond donors (Lipinski definition) is 3. The van der Waals surface area contributed by atoms with Crippen LogP contribution in [-0.2, 0) is 6.18 Å². The van der Waals surface area contributed by atoms with Crippen LogP contribution in [0.1, 0.15) is 23.7 Å². The molecule has 0 fully saturated rings. The fraction of sp³-hybridized carbons (Fsp3) is 0.455. The SMILES string of the molecule is [N-]=[N+]=NCCC(O)C(O)c1cc(C(F)(F)F)ccc1O. The van der Waals surface area contributed by atoms with Crippen molar-refractivity contribution in [3.8, 4) is 5.75 Å². The van der Waals surface area contributed by atoms with Gasteiger partial charge in [-0.25, -0.2) is 0 Å². The molecule has 2 unspecified atom stereocenters. The van der Waals surface area contributed by atoms with Gasteiger partial charge in [0, 0.05) is 17.0 Å². The number of nitrogens with zero attached hydrogens (tertiary/aromatic N) is 3. The molecule has 1 aromatic rings. The molecular formula is C11H12F3N3O3. The van der Waals surface area contributed by atoms with Crippen LogP contribution in [0.4, 0.5) is 13.2 Å². The Morgan fingerprint density at radius 1 is 1.30 bits per heavy atom. The van der Waals surface area contributed by atoms with Crippen molar-refractivity contribution in [2.24, 2.45) is 5.11 Å². The number of phenols is 1.